The lowest BCUT2D eigenvalue weighted by molar-refractivity contribution is -0.116. The monoisotopic (exact) mass is 488 g/mol. The average Bonchev–Trinajstić information content (AvgIpc) is 3.52. The lowest BCUT2D eigenvalue weighted by Crippen LogP contribution is -2.13. The molecule has 182 valence electrons. The van der Waals surface area contributed by atoms with Crippen molar-refractivity contribution in [3.05, 3.63) is 73.6 Å². The SMILES string of the molecule is CC(C)CC(=O)Nc1cncc(-c2ccc3[nH]nc(-c4cc5c(-c6cccnc6)cncc5[nH]4)c3n2)c1. The number of nitrogens with one attached hydrogen (secondary N) is 3. The molecule has 6 aromatic heterocycles. The van der Waals surface area contributed by atoms with Crippen molar-refractivity contribution in [3.63, 3.8) is 0 Å². The van der Waals surface area contributed by atoms with E-state index >= 15 is 0 Å². The lowest BCUT2D eigenvalue weighted by atomic mass is 10.1. The third-order valence-electron chi connectivity index (χ3n) is 6.09. The zero-order valence-electron chi connectivity index (χ0n) is 20.4. The summed E-state index contributed by atoms with van der Waals surface area (Å²) in [5, 5.41) is 11.6. The Hall–Kier alpha value is -4.92. The Morgan fingerprint density at radius 2 is 1.81 bits per heavy atom. The molecule has 6 aromatic rings. The van der Waals surface area contributed by atoms with Crippen LogP contribution in [0.2, 0.25) is 0 Å². The molecule has 9 heteroatoms. The fourth-order valence-corrected chi connectivity index (χ4v) is 4.41. The molecule has 0 aliphatic rings. The van der Waals surface area contributed by atoms with E-state index in [1.54, 1.807) is 24.8 Å². The zero-order valence-corrected chi connectivity index (χ0v) is 20.4. The molecule has 0 aliphatic heterocycles. The van der Waals surface area contributed by atoms with Crippen LogP contribution in [0.1, 0.15) is 20.3 Å². The minimum atomic E-state index is -0.0339. The third kappa shape index (κ3) is 4.42. The largest absolute Gasteiger partial charge is 0.352 e. The van der Waals surface area contributed by atoms with E-state index in [-0.39, 0.29) is 11.8 Å². The van der Waals surface area contributed by atoms with E-state index < -0.39 is 0 Å². The first kappa shape index (κ1) is 22.5. The minimum absolute atomic E-state index is 0.0339. The molecule has 1 amide bonds. The van der Waals surface area contributed by atoms with Crippen LogP contribution in [-0.4, -0.2) is 41.0 Å². The quantitative estimate of drug-likeness (QED) is 0.280. The summed E-state index contributed by atoms with van der Waals surface area (Å²) in [6, 6.07) is 11.7. The van der Waals surface area contributed by atoms with Gasteiger partial charge in [0.15, 0.2) is 0 Å². The van der Waals surface area contributed by atoms with Gasteiger partial charge in [-0.05, 0) is 36.2 Å². The normalized spacial score (nSPS) is 11.4. The van der Waals surface area contributed by atoms with Gasteiger partial charge in [0, 0.05) is 53.3 Å². The number of carbonyl (C=O) groups is 1. The molecule has 0 saturated carbocycles. The summed E-state index contributed by atoms with van der Waals surface area (Å²) < 4.78 is 0. The highest BCUT2D eigenvalue weighted by Crippen LogP contribution is 2.33. The van der Waals surface area contributed by atoms with Gasteiger partial charge in [0.1, 0.15) is 11.2 Å². The maximum absolute atomic E-state index is 12.2. The molecule has 0 spiro atoms. The van der Waals surface area contributed by atoms with E-state index in [0.29, 0.717) is 17.8 Å². The number of carbonyl (C=O) groups excluding carboxylic acids is 1. The second kappa shape index (κ2) is 9.27. The lowest BCUT2D eigenvalue weighted by Gasteiger charge is -2.08. The molecule has 6 heterocycles. The number of fused-ring (bicyclic) bond motifs is 2. The smallest absolute Gasteiger partial charge is 0.224 e. The summed E-state index contributed by atoms with van der Waals surface area (Å²) in [6.45, 7) is 4.03. The number of aromatic nitrogens is 7. The summed E-state index contributed by atoms with van der Waals surface area (Å²) in [6.07, 6.45) is 11.1. The first-order valence-corrected chi connectivity index (χ1v) is 12.0. The summed E-state index contributed by atoms with van der Waals surface area (Å²) >= 11 is 0. The molecule has 0 fully saturated rings. The number of amides is 1. The van der Waals surface area contributed by atoms with Crippen molar-refractivity contribution < 1.29 is 4.79 Å². The van der Waals surface area contributed by atoms with Crippen LogP contribution in [0.3, 0.4) is 0 Å². The van der Waals surface area contributed by atoms with E-state index in [9.17, 15) is 4.79 Å². The van der Waals surface area contributed by atoms with E-state index in [0.717, 1.165) is 50.0 Å². The molecule has 9 nitrogen and oxygen atoms in total. The predicted molar refractivity (Wildman–Crippen MR) is 144 cm³/mol. The van der Waals surface area contributed by atoms with Crippen LogP contribution in [0.4, 0.5) is 5.69 Å². The Bertz CT molecular complexity index is 1740. The molecule has 0 bridgehead atoms. The van der Waals surface area contributed by atoms with Crippen molar-refractivity contribution in [3.8, 4) is 33.8 Å². The number of nitrogens with zero attached hydrogens (tertiary/aromatic N) is 5. The van der Waals surface area contributed by atoms with Crippen LogP contribution >= 0.6 is 0 Å². The first-order valence-electron chi connectivity index (χ1n) is 12.0. The van der Waals surface area contributed by atoms with Crippen molar-refractivity contribution in [2.45, 2.75) is 20.3 Å². The molecule has 6 rings (SSSR count). The number of hydrogen-bond acceptors (Lipinski definition) is 6. The number of H-pyrrole nitrogens is 2. The molecule has 0 unspecified atom stereocenters. The van der Waals surface area contributed by atoms with Gasteiger partial charge in [-0.3, -0.25) is 24.8 Å². The Labute approximate surface area is 212 Å². The van der Waals surface area contributed by atoms with Gasteiger partial charge in [0.25, 0.3) is 0 Å². The van der Waals surface area contributed by atoms with Crippen LogP contribution in [-0.2, 0) is 4.79 Å². The second-order valence-electron chi connectivity index (χ2n) is 9.35. The highest BCUT2D eigenvalue weighted by molar-refractivity contribution is 6.00. The zero-order chi connectivity index (χ0) is 25.4. The van der Waals surface area contributed by atoms with Crippen LogP contribution < -0.4 is 5.32 Å². The van der Waals surface area contributed by atoms with Crippen LogP contribution in [0, 0.1) is 5.92 Å². The van der Waals surface area contributed by atoms with Gasteiger partial charge in [-0.2, -0.15) is 5.10 Å². The molecular weight excluding hydrogens is 464 g/mol. The second-order valence-corrected chi connectivity index (χ2v) is 9.35. The topological polar surface area (TPSA) is 125 Å². The van der Waals surface area contributed by atoms with Crippen LogP contribution in [0.15, 0.2) is 73.6 Å². The van der Waals surface area contributed by atoms with E-state index in [1.807, 2.05) is 56.6 Å². The van der Waals surface area contributed by atoms with Gasteiger partial charge in [0.05, 0.1) is 40.5 Å². The van der Waals surface area contributed by atoms with Crippen molar-refractivity contribution >= 4 is 33.5 Å². The molecular formula is C28H24N8O. The molecule has 0 aromatic carbocycles. The Morgan fingerprint density at radius 3 is 2.65 bits per heavy atom. The van der Waals surface area contributed by atoms with Crippen molar-refractivity contribution in [2.75, 3.05) is 5.32 Å². The van der Waals surface area contributed by atoms with E-state index in [4.69, 9.17) is 4.98 Å². The van der Waals surface area contributed by atoms with E-state index in [2.05, 4.69) is 41.5 Å². The Kier molecular flexibility index (Phi) is 5.65. The predicted octanol–water partition coefficient (Wildman–Crippen LogP) is 5.61. The number of rotatable bonds is 6. The molecule has 0 saturated heterocycles. The summed E-state index contributed by atoms with van der Waals surface area (Å²) in [7, 11) is 0. The fourth-order valence-electron chi connectivity index (χ4n) is 4.41. The number of pyridine rings is 4. The van der Waals surface area contributed by atoms with Gasteiger partial charge in [0.2, 0.25) is 5.91 Å². The molecule has 37 heavy (non-hydrogen) atoms. The Morgan fingerprint density at radius 1 is 0.946 bits per heavy atom. The number of anilines is 1. The summed E-state index contributed by atoms with van der Waals surface area (Å²) in [5.74, 6) is 0.244. The number of aromatic amines is 2. The van der Waals surface area contributed by atoms with Crippen LogP contribution in [0.25, 0.3) is 55.7 Å². The molecule has 0 radical (unpaired) electrons. The Balaban J connectivity index is 1.38. The van der Waals surface area contributed by atoms with E-state index in [1.165, 1.54) is 0 Å². The van der Waals surface area contributed by atoms with Gasteiger partial charge < -0.3 is 10.3 Å². The highest BCUT2D eigenvalue weighted by atomic mass is 16.1. The van der Waals surface area contributed by atoms with Crippen molar-refractivity contribution in [1.82, 2.24) is 35.1 Å². The van der Waals surface area contributed by atoms with Crippen LogP contribution in [0.5, 0.6) is 0 Å². The first-order chi connectivity index (χ1) is 18.0. The molecule has 0 atom stereocenters. The number of hydrogen-bond donors (Lipinski definition) is 3. The maximum Gasteiger partial charge on any atom is 0.224 e. The molecule has 0 aliphatic carbocycles. The summed E-state index contributed by atoms with van der Waals surface area (Å²) in [4.78, 5) is 33.5. The van der Waals surface area contributed by atoms with Gasteiger partial charge in [-0.15, -0.1) is 0 Å². The third-order valence-corrected chi connectivity index (χ3v) is 6.09. The average molecular weight is 489 g/mol. The van der Waals surface area contributed by atoms with Gasteiger partial charge in [-0.25, -0.2) is 4.98 Å². The standard InChI is InChI=1S/C28H24N8O/c1-16(2)8-26(37)32-19-9-18(12-30-13-19)22-5-6-23-27(34-22)28(36-35-23)24-10-20-21(14-31-15-25(20)33-24)17-4-3-7-29-11-17/h3-7,9-16,33H,8H2,1-2H3,(H,32,37)(H,35,36). The summed E-state index contributed by atoms with van der Waals surface area (Å²) in [5.41, 5.74) is 8.15. The maximum atomic E-state index is 12.2. The fraction of sp³-hybridized carbons (Fsp3) is 0.143. The van der Waals surface area contributed by atoms with Gasteiger partial charge >= 0.3 is 0 Å². The van der Waals surface area contributed by atoms with Gasteiger partial charge in [-0.1, -0.05) is 19.9 Å². The minimum Gasteiger partial charge on any atom is -0.352 e. The molecule has 3 N–H and O–H groups in total. The highest BCUT2D eigenvalue weighted by Gasteiger charge is 2.16. The van der Waals surface area contributed by atoms with Crippen molar-refractivity contribution in [1.29, 1.82) is 0 Å². The van der Waals surface area contributed by atoms with Crippen molar-refractivity contribution in [2.24, 2.45) is 5.92 Å².